The molecule has 1 aromatic heterocycles. The minimum Gasteiger partial charge on any atom is -0.542 e. The first-order valence-corrected chi connectivity index (χ1v) is 4.64. The zero-order chi connectivity index (χ0) is 11.4. The van der Waals surface area contributed by atoms with Crippen LogP contribution < -0.4 is 5.11 Å². The van der Waals surface area contributed by atoms with Crippen LogP contribution in [0.2, 0.25) is 0 Å². The fourth-order valence-electron chi connectivity index (χ4n) is 1.17. The summed E-state index contributed by atoms with van der Waals surface area (Å²) >= 11 is 0. The SMILES string of the molecule is O=C([O-])c1ccc(C#Cc2ccccc2)o1. The highest BCUT2D eigenvalue weighted by atomic mass is 16.4. The minimum absolute atomic E-state index is 0.211. The van der Waals surface area contributed by atoms with Gasteiger partial charge in [0.15, 0.2) is 11.5 Å². The quantitative estimate of drug-likeness (QED) is 0.662. The Kier molecular flexibility index (Phi) is 2.75. The molecular formula is C13H7O3-. The van der Waals surface area contributed by atoms with Gasteiger partial charge in [-0.2, -0.15) is 0 Å². The molecule has 2 aromatic rings. The van der Waals surface area contributed by atoms with Gasteiger partial charge in [0.25, 0.3) is 0 Å². The second-order valence-corrected chi connectivity index (χ2v) is 3.07. The third kappa shape index (κ3) is 2.31. The molecule has 0 atom stereocenters. The lowest BCUT2D eigenvalue weighted by Crippen LogP contribution is -2.21. The molecule has 0 radical (unpaired) electrons. The van der Waals surface area contributed by atoms with Gasteiger partial charge in [0, 0.05) is 5.56 Å². The molecular weight excluding hydrogens is 204 g/mol. The Labute approximate surface area is 92.3 Å². The monoisotopic (exact) mass is 211 g/mol. The lowest BCUT2D eigenvalue weighted by atomic mass is 10.2. The van der Waals surface area contributed by atoms with Gasteiger partial charge in [-0.25, -0.2) is 0 Å². The molecule has 78 valence electrons. The summed E-state index contributed by atoms with van der Waals surface area (Å²) in [7, 11) is 0. The van der Waals surface area contributed by atoms with Crippen LogP contribution in [-0.2, 0) is 0 Å². The minimum atomic E-state index is -1.34. The van der Waals surface area contributed by atoms with Crippen molar-refractivity contribution >= 4 is 5.97 Å². The molecule has 16 heavy (non-hydrogen) atoms. The molecule has 0 unspecified atom stereocenters. The van der Waals surface area contributed by atoms with E-state index in [0.29, 0.717) is 5.76 Å². The van der Waals surface area contributed by atoms with E-state index in [0.717, 1.165) is 5.56 Å². The van der Waals surface area contributed by atoms with E-state index in [9.17, 15) is 9.90 Å². The molecule has 0 aliphatic heterocycles. The van der Waals surface area contributed by atoms with E-state index in [4.69, 9.17) is 4.42 Å². The molecule has 0 bridgehead atoms. The molecule has 0 saturated carbocycles. The summed E-state index contributed by atoms with van der Waals surface area (Å²) in [4.78, 5) is 10.4. The number of hydrogen-bond donors (Lipinski definition) is 0. The van der Waals surface area contributed by atoms with Gasteiger partial charge in [0.05, 0.1) is 0 Å². The molecule has 0 spiro atoms. The Hall–Kier alpha value is -2.47. The van der Waals surface area contributed by atoms with E-state index in [-0.39, 0.29) is 5.76 Å². The Morgan fingerprint density at radius 1 is 1.06 bits per heavy atom. The molecule has 0 saturated heterocycles. The van der Waals surface area contributed by atoms with Crippen molar-refractivity contribution in [3.63, 3.8) is 0 Å². The summed E-state index contributed by atoms with van der Waals surface area (Å²) in [6, 6.07) is 12.2. The topological polar surface area (TPSA) is 53.3 Å². The molecule has 0 aliphatic carbocycles. The van der Waals surface area contributed by atoms with Gasteiger partial charge in [0.2, 0.25) is 0 Å². The summed E-state index contributed by atoms with van der Waals surface area (Å²) in [6.07, 6.45) is 0. The second-order valence-electron chi connectivity index (χ2n) is 3.07. The summed E-state index contributed by atoms with van der Waals surface area (Å²) in [5, 5.41) is 10.4. The first kappa shape index (κ1) is 10.1. The Morgan fingerprint density at radius 2 is 1.81 bits per heavy atom. The first-order chi connectivity index (χ1) is 7.75. The van der Waals surface area contributed by atoms with Gasteiger partial charge in [-0.15, -0.1) is 0 Å². The third-order valence-electron chi connectivity index (χ3n) is 1.91. The fraction of sp³-hybridized carbons (Fsp3) is 0. The van der Waals surface area contributed by atoms with Crippen LogP contribution in [0.1, 0.15) is 21.9 Å². The number of carboxylic acids is 1. The second kappa shape index (κ2) is 4.37. The molecule has 1 aromatic carbocycles. The number of aromatic carboxylic acids is 1. The maximum Gasteiger partial charge on any atom is 0.177 e. The molecule has 1 heterocycles. The van der Waals surface area contributed by atoms with Crippen molar-refractivity contribution in [2.45, 2.75) is 0 Å². The average molecular weight is 211 g/mol. The van der Waals surface area contributed by atoms with Gasteiger partial charge in [-0.1, -0.05) is 24.1 Å². The zero-order valence-corrected chi connectivity index (χ0v) is 8.27. The van der Waals surface area contributed by atoms with E-state index in [2.05, 4.69) is 11.8 Å². The van der Waals surface area contributed by atoms with Gasteiger partial charge in [-0.3, -0.25) is 0 Å². The number of carbonyl (C=O) groups is 1. The number of furan rings is 1. The van der Waals surface area contributed by atoms with Crippen molar-refractivity contribution in [3.8, 4) is 11.8 Å². The summed E-state index contributed by atoms with van der Waals surface area (Å²) in [6.45, 7) is 0. The van der Waals surface area contributed by atoms with Gasteiger partial charge < -0.3 is 14.3 Å². The number of rotatable bonds is 1. The Morgan fingerprint density at radius 3 is 2.44 bits per heavy atom. The smallest absolute Gasteiger partial charge is 0.177 e. The van der Waals surface area contributed by atoms with E-state index in [1.807, 2.05) is 30.3 Å². The van der Waals surface area contributed by atoms with E-state index < -0.39 is 5.97 Å². The van der Waals surface area contributed by atoms with E-state index in [1.165, 1.54) is 12.1 Å². The maximum atomic E-state index is 10.4. The molecule has 2 rings (SSSR count). The van der Waals surface area contributed by atoms with Crippen molar-refractivity contribution in [3.05, 3.63) is 59.5 Å². The van der Waals surface area contributed by atoms with Crippen LogP contribution in [0.25, 0.3) is 0 Å². The van der Waals surface area contributed by atoms with Crippen molar-refractivity contribution in [2.24, 2.45) is 0 Å². The van der Waals surface area contributed by atoms with Crippen LogP contribution in [-0.4, -0.2) is 5.97 Å². The summed E-state index contributed by atoms with van der Waals surface area (Å²) in [5.74, 6) is 4.34. The van der Waals surface area contributed by atoms with Crippen LogP contribution in [0.4, 0.5) is 0 Å². The Balaban J connectivity index is 2.21. The number of carbonyl (C=O) groups excluding carboxylic acids is 1. The molecule has 0 fully saturated rings. The van der Waals surface area contributed by atoms with E-state index >= 15 is 0 Å². The molecule has 3 nitrogen and oxygen atoms in total. The molecule has 0 amide bonds. The predicted molar refractivity (Wildman–Crippen MR) is 55.5 cm³/mol. The lowest BCUT2D eigenvalue weighted by molar-refractivity contribution is -0.257. The van der Waals surface area contributed by atoms with Crippen molar-refractivity contribution < 1.29 is 14.3 Å². The van der Waals surface area contributed by atoms with Crippen LogP contribution >= 0.6 is 0 Å². The van der Waals surface area contributed by atoms with Crippen LogP contribution in [0.5, 0.6) is 0 Å². The van der Waals surface area contributed by atoms with Crippen molar-refractivity contribution in [1.29, 1.82) is 0 Å². The third-order valence-corrected chi connectivity index (χ3v) is 1.91. The van der Waals surface area contributed by atoms with Crippen LogP contribution in [0, 0.1) is 11.8 Å². The maximum absolute atomic E-state index is 10.4. The average Bonchev–Trinajstić information content (AvgIpc) is 2.76. The first-order valence-electron chi connectivity index (χ1n) is 4.64. The van der Waals surface area contributed by atoms with Gasteiger partial charge in [-0.05, 0) is 30.2 Å². The molecule has 0 aliphatic rings. The lowest BCUT2D eigenvalue weighted by Gasteiger charge is -1.92. The van der Waals surface area contributed by atoms with Crippen molar-refractivity contribution in [1.82, 2.24) is 0 Å². The standard InChI is InChI=1S/C13H8O3/c14-13(15)12-9-8-11(16-12)7-6-10-4-2-1-3-5-10/h1-5,8-9H,(H,14,15)/p-1. The molecule has 0 N–H and O–H groups in total. The highest BCUT2D eigenvalue weighted by molar-refractivity contribution is 5.82. The van der Waals surface area contributed by atoms with Gasteiger partial charge in [0.1, 0.15) is 5.97 Å². The summed E-state index contributed by atoms with van der Waals surface area (Å²) in [5.41, 5.74) is 0.842. The normalized spacial score (nSPS) is 9.25. The Bertz CT molecular complexity index is 556. The van der Waals surface area contributed by atoms with Gasteiger partial charge >= 0.3 is 0 Å². The zero-order valence-electron chi connectivity index (χ0n) is 8.27. The van der Waals surface area contributed by atoms with Crippen LogP contribution in [0.15, 0.2) is 46.9 Å². The van der Waals surface area contributed by atoms with E-state index in [1.54, 1.807) is 0 Å². The highest BCUT2D eigenvalue weighted by Crippen LogP contribution is 2.05. The largest absolute Gasteiger partial charge is 0.542 e. The fourth-order valence-corrected chi connectivity index (χ4v) is 1.17. The van der Waals surface area contributed by atoms with Crippen LogP contribution in [0.3, 0.4) is 0 Å². The predicted octanol–water partition coefficient (Wildman–Crippen LogP) is 1.04. The number of benzene rings is 1. The molecule has 3 heteroatoms. The summed E-state index contributed by atoms with van der Waals surface area (Å²) < 4.78 is 4.93. The highest BCUT2D eigenvalue weighted by Gasteiger charge is 1.98. The van der Waals surface area contributed by atoms with Crippen molar-refractivity contribution in [2.75, 3.05) is 0 Å². The number of carboxylic acid groups (broad SMARTS) is 1. The number of hydrogen-bond acceptors (Lipinski definition) is 3.